The number of amides is 2. The molecule has 0 spiro atoms. The van der Waals surface area contributed by atoms with Crippen molar-refractivity contribution in [3.8, 4) is 0 Å². The molecular formula is C6H12N4O. The third-order valence-corrected chi connectivity index (χ3v) is 0.871. The van der Waals surface area contributed by atoms with Crippen LogP contribution in [0.2, 0.25) is 0 Å². The van der Waals surface area contributed by atoms with E-state index in [1.54, 1.807) is 13.1 Å². The Labute approximate surface area is 65.2 Å². The van der Waals surface area contributed by atoms with Gasteiger partial charge in [0.05, 0.1) is 0 Å². The number of nitrogens with two attached hydrogens (primary N) is 1. The van der Waals surface area contributed by atoms with Gasteiger partial charge in [-0.05, 0) is 6.92 Å². The molecule has 0 saturated carbocycles. The Kier molecular flexibility index (Phi) is 4.72. The Hall–Kier alpha value is -1.39. The summed E-state index contributed by atoms with van der Waals surface area (Å²) in [5.74, 6) is 0. The van der Waals surface area contributed by atoms with Crippen LogP contribution in [0.4, 0.5) is 4.79 Å². The number of urea groups is 1. The molecule has 0 unspecified atom stereocenters. The maximum absolute atomic E-state index is 10.1. The van der Waals surface area contributed by atoms with Gasteiger partial charge in [-0.2, -0.15) is 0 Å². The summed E-state index contributed by atoms with van der Waals surface area (Å²) in [6.45, 7) is 1.87. The van der Waals surface area contributed by atoms with E-state index >= 15 is 0 Å². The number of nitrogens with one attached hydrogen (secondary N) is 2. The number of rotatable bonds is 4. The summed E-state index contributed by atoms with van der Waals surface area (Å²) < 4.78 is 0. The Balaban J connectivity index is 3.30. The quantitative estimate of drug-likeness (QED) is 0.495. The van der Waals surface area contributed by atoms with E-state index in [0.29, 0.717) is 12.1 Å². The molecule has 5 heteroatoms. The predicted molar refractivity (Wildman–Crippen MR) is 44.1 cm³/mol. The molecule has 0 aliphatic heterocycles. The minimum atomic E-state index is -0.589. The van der Waals surface area contributed by atoms with Crippen molar-refractivity contribution in [2.24, 2.45) is 10.7 Å². The van der Waals surface area contributed by atoms with Gasteiger partial charge in [-0.1, -0.05) is 0 Å². The molecule has 0 aromatic heterocycles. The molecule has 0 saturated heterocycles. The number of carbonyl (C=O) groups excluding carboxylic acids is 1. The average Bonchev–Trinajstić information content (AvgIpc) is 1.85. The summed E-state index contributed by atoms with van der Waals surface area (Å²) in [4.78, 5) is 13.9. The predicted octanol–water partition coefficient (Wildman–Crippen LogP) is 0.113. The van der Waals surface area contributed by atoms with Crippen LogP contribution in [0.5, 0.6) is 0 Å². The van der Waals surface area contributed by atoms with Crippen molar-refractivity contribution in [3.63, 3.8) is 0 Å². The van der Waals surface area contributed by atoms with E-state index in [0.717, 1.165) is 0 Å². The summed E-state index contributed by atoms with van der Waals surface area (Å²) in [5.41, 5.74) is 5.30. The minimum Gasteiger partial charge on any atom is -0.352 e. The van der Waals surface area contributed by atoms with E-state index in [9.17, 15) is 4.79 Å². The molecule has 62 valence electrons. The largest absolute Gasteiger partial charge is 0.352 e. The lowest BCUT2D eigenvalue weighted by Crippen LogP contribution is -2.29. The Morgan fingerprint density at radius 1 is 1.82 bits per heavy atom. The Morgan fingerprint density at radius 2 is 2.45 bits per heavy atom. The normalized spacial score (nSPS) is 9.91. The average molecular weight is 156 g/mol. The molecule has 0 fully saturated rings. The van der Waals surface area contributed by atoms with Gasteiger partial charge in [0.1, 0.15) is 6.67 Å². The fraction of sp³-hybridized carbons (Fsp3) is 0.500. The van der Waals surface area contributed by atoms with E-state index in [1.807, 2.05) is 0 Å². The van der Waals surface area contributed by atoms with Gasteiger partial charge in [-0.3, -0.25) is 4.99 Å². The number of nitrogens with zero attached hydrogens (tertiary/aromatic N) is 1. The molecule has 0 atom stereocenters. The molecular weight excluding hydrogens is 144 g/mol. The van der Waals surface area contributed by atoms with Crippen molar-refractivity contribution in [2.45, 2.75) is 13.3 Å². The van der Waals surface area contributed by atoms with Gasteiger partial charge in [-0.25, -0.2) is 4.79 Å². The minimum absolute atomic E-state index is 0.183. The van der Waals surface area contributed by atoms with Crippen LogP contribution in [-0.2, 0) is 0 Å². The summed E-state index contributed by atoms with van der Waals surface area (Å²) >= 11 is 0. The van der Waals surface area contributed by atoms with Gasteiger partial charge < -0.3 is 16.5 Å². The highest BCUT2D eigenvalue weighted by molar-refractivity contribution is 5.91. The first kappa shape index (κ1) is 9.61. The van der Waals surface area contributed by atoms with E-state index in [4.69, 9.17) is 11.1 Å². The van der Waals surface area contributed by atoms with Crippen LogP contribution < -0.4 is 11.1 Å². The highest BCUT2D eigenvalue weighted by Gasteiger charge is 1.85. The third kappa shape index (κ3) is 8.61. The van der Waals surface area contributed by atoms with Gasteiger partial charge >= 0.3 is 6.03 Å². The van der Waals surface area contributed by atoms with E-state index < -0.39 is 6.03 Å². The second-order valence-electron chi connectivity index (χ2n) is 2.05. The molecule has 0 radical (unpaired) electrons. The van der Waals surface area contributed by atoms with Gasteiger partial charge in [0.25, 0.3) is 0 Å². The summed E-state index contributed by atoms with van der Waals surface area (Å²) in [6.07, 6.45) is 2.08. The highest BCUT2D eigenvalue weighted by Crippen LogP contribution is 1.76. The zero-order valence-corrected chi connectivity index (χ0v) is 6.42. The van der Waals surface area contributed by atoms with Crippen molar-refractivity contribution < 1.29 is 4.79 Å². The van der Waals surface area contributed by atoms with Gasteiger partial charge in [-0.15, -0.1) is 0 Å². The van der Waals surface area contributed by atoms with Crippen molar-refractivity contribution in [3.05, 3.63) is 0 Å². The zero-order chi connectivity index (χ0) is 8.69. The monoisotopic (exact) mass is 156 g/mol. The van der Waals surface area contributed by atoms with E-state index in [-0.39, 0.29) is 6.67 Å². The molecule has 5 nitrogen and oxygen atoms in total. The summed E-state index contributed by atoms with van der Waals surface area (Å²) in [7, 11) is 0. The molecule has 4 N–H and O–H groups in total. The SMILES string of the molecule is CC(=N)CC=NCNC(N)=O. The molecule has 2 amide bonds. The van der Waals surface area contributed by atoms with Crippen LogP contribution in [0.3, 0.4) is 0 Å². The second-order valence-corrected chi connectivity index (χ2v) is 2.05. The highest BCUT2D eigenvalue weighted by atomic mass is 16.2. The smallest absolute Gasteiger partial charge is 0.313 e. The van der Waals surface area contributed by atoms with Gasteiger partial charge in [0.15, 0.2) is 0 Å². The van der Waals surface area contributed by atoms with Crippen LogP contribution >= 0.6 is 0 Å². The van der Waals surface area contributed by atoms with Gasteiger partial charge in [0, 0.05) is 18.3 Å². The fourth-order valence-corrected chi connectivity index (χ4v) is 0.390. The third-order valence-electron chi connectivity index (χ3n) is 0.871. The molecule has 0 aliphatic rings. The van der Waals surface area contributed by atoms with Gasteiger partial charge in [0.2, 0.25) is 0 Å². The summed E-state index contributed by atoms with van der Waals surface area (Å²) in [6, 6.07) is -0.589. The lowest BCUT2D eigenvalue weighted by Gasteiger charge is -1.93. The lowest BCUT2D eigenvalue weighted by molar-refractivity contribution is 0.249. The molecule has 11 heavy (non-hydrogen) atoms. The van der Waals surface area contributed by atoms with Crippen molar-refractivity contribution in [2.75, 3.05) is 6.67 Å². The van der Waals surface area contributed by atoms with Crippen molar-refractivity contribution in [1.82, 2.24) is 5.32 Å². The fourth-order valence-electron chi connectivity index (χ4n) is 0.390. The number of aliphatic imine (C=N–C) groups is 1. The number of hydrogen-bond acceptors (Lipinski definition) is 3. The standard InChI is InChI=1S/C6H12N4O/c1-5(7)2-3-9-4-10-6(8)11/h3,7H,2,4H2,1H3,(H3,8,10,11). The van der Waals surface area contributed by atoms with Crippen molar-refractivity contribution in [1.29, 1.82) is 5.41 Å². The summed E-state index contributed by atoms with van der Waals surface area (Å²) in [5, 5.41) is 9.30. The molecule has 0 aromatic carbocycles. The van der Waals surface area contributed by atoms with E-state index in [1.165, 1.54) is 0 Å². The van der Waals surface area contributed by atoms with Crippen molar-refractivity contribution >= 4 is 18.0 Å². The number of carbonyl (C=O) groups is 1. The molecule has 0 aromatic rings. The molecule has 0 heterocycles. The lowest BCUT2D eigenvalue weighted by atomic mass is 10.3. The van der Waals surface area contributed by atoms with Crippen LogP contribution in [0.15, 0.2) is 4.99 Å². The number of hydrogen-bond donors (Lipinski definition) is 3. The van der Waals surface area contributed by atoms with E-state index in [2.05, 4.69) is 10.3 Å². The first-order valence-corrected chi connectivity index (χ1v) is 3.18. The first-order valence-electron chi connectivity index (χ1n) is 3.18. The molecule has 0 bridgehead atoms. The Morgan fingerprint density at radius 3 is 2.91 bits per heavy atom. The number of primary amides is 1. The zero-order valence-electron chi connectivity index (χ0n) is 6.42. The molecule has 0 aliphatic carbocycles. The second kappa shape index (κ2) is 5.40. The first-order chi connectivity index (χ1) is 5.13. The maximum atomic E-state index is 10.1. The Bertz CT molecular complexity index is 175. The molecule has 0 rings (SSSR count). The van der Waals surface area contributed by atoms with Crippen LogP contribution in [-0.4, -0.2) is 24.6 Å². The van der Waals surface area contributed by atoms with Crippen LogP contribution in [0.25, 0.3) is 0 Å². The van der Waals surface area contributed by atoms with Crippen LogP contribution in [0, 0.1) is 5.41 Å². The van der Waals surface area contributed by atoms with Crippen LogP contribution in [0.1, 0.15) is 13.3 Å². The topological polar surface area (TPSA) is 91.3 Å². The maximum Gasteiger partial charge on any atom is 0.313 e.